The lowest BCUT2D eigenvalue weighted by Crippen LogP contribution is -2.33. The second-order valence-electron chi connectivity index (χ2n) is 5.80. The maximum atomic E-state index is 12.1. The summed E-state index contributed by atoms with van der Waals surface area (Å²) < 4.78 is 25.4. The number of hydrogen-bond donors (Lipinski definition) is 1. The molecular weight excluding hydrogens is 346 g/mol. The summed E-state index contributed by atoms with van der Waals surface area (Å²) in [6, 6.07) is 15.4. The topological polar surface area (TPSA) is 52.7 Å². The molecule has 2 aromatic carbocycles. The van der Waals surface area contributed by atoms with Crippen LogP contribution in [0.15, 0.2) is 53.4 Å². The van der Waals surface area contributed by atoms with Crippen molar-refractivity contribution in [3.05, 3.63) is 54.1 Å². The van der Waals surface area contributed by atoms with Gasteiger partial charge in [0.05, 0.1) is 16.3 Å². The zero-order valence-corrected chi connectivity index (χ0v) is 15.4. The molecule has 1 heterocycles. The molecule has 0 unspecified atom stereocenters. The molecule has 0 radical (unpaired) electrons. The average Bonchev–Trinajstić information content (AvgIpc) is 2.55. The first-order valence-corrected chi connectivity index (χ1v) is 9.02. The summed E-state index contributed by atoms with van der Waals surface area (Å²) in [5, 5.41) is 3.39. The number of hydrogen-bond acceptors (Lipinski definition) is 4. The van der Waals surface area contributed by atoms with Crippen molar-refractivity contribution < 1.29 is 8.42 Å². The minimum absolute atomic E-state index is 0. The summed E-state index contributed by atoms with van der Waals surface area (Å²) in [7, 11) is -0.281. The van der Waals surface area contributed by atoms with Gasteiger partial charge in [-0.15, -0.1) is 12.4 Å². The number of benzene rings is 2. The minimum Gasteiger partial charge on any atom is -0.382 e. The van der Waals surface area contributed by atoms with Crippen molar-refractivity contribution >= 4 is 33.8 Å². The van der Waals surface area contributed by atoms with Crippen molar-refractivity contribution in [2.75, 3.05) is 37.4 Å². The molecule has 0 amide bonds. The highest BCUT2D eigenvalue weighted by atomic mass is 35.5. The van der Waals surface area contributed by atoms with E-state index in [2.05, 4.69) is 22.3 Å². The fraction of sp³-hybridized carbons (Fsp3) is 0.294. The molecule has 0 bridgehead atoms. The second kappa shape index (κ2) is 7.42. The van der Waals surface area contributed by atoms with Gasteiger partial charge >= 0.3 is 0 Å². The van der Waals surface area contributed by atoms with Crippen LogP contribution in [-0.2, 0) is 16.6 Å². The predicted molar refractivity (Wildman–Crippen MR) is 101 cm³/mol. The van der Waals surface area contributed by atoms with Crippen LogP contribution in [0.4, 0.5) is 11.4 Å². The molecule has 0 fully saturated rings. The number of halogens is 1. The Bertz CT molecular complexity index is 792. The molecule has 1 aliphatic heterocycles. The van der Waals surface area contributed by atoms with E-state index >= 15 is 0 Å². The van der Waals surface area contributed by atoms with Gasteiger partial charge in [-0.05, 0) is 29.8 Å². The van der Waals surface area contributed by atoms with E-state index in [4.69, 9.17) is 0 Å². The maximum absolute atomic E-state index is 12.1. The number of anilines is 2. The van der Waals surface area contributed by atoms with E-state index < -0.39 is 10.0 Å². The lowest BCUT2D eigenvalue weighted by Gasteiger charge is -2.32. The van der Waals surface area contributed by atoms with Crippen LogP contribution in [0.1, 0.15) is 5.56 Å². The highest BCUT2D eigenvalue weighted by Gasteiger charge is 2.18. The molecule has 0 saturated carbocycles. The zero-order chi connectivity index (χ0) is 16.4. The summed E-state index contributed by atoms with van der Waals surface area (Å²) in [5.74, 6) is 0. The van der Waals surface area contributed by atoms with Crippen molar-refractivity contribution in [3.8, 4) is 0 Å². The molecule has 24 heavy (non-hydrogen) atoms. The predicted octanol–water partition coefficient (Wildman–Crippen LogP) is 2.79. The molecule has 1 N–H and O–H groups in total. The fourth-order valence-electron chi connectivity index (χ4n) is 2.71. The monoisotopic (exact) mass is 367 g/mol. The molecule has 0 aromatic heterocycles. The number of sulfonamides is 1. The SMILES string of the molecule is CN(C)S(=O)(=O)c1ccc(CN2CCNc3ccccc32)cc1.Cl. The molecule has 1 aliphatic rings. The molecule has 7 heteroatoms. The van der Waals surface area contributed by atoms with Gasteiger partial charge in [-0.25, -0.2) is 12.7 Å². The van der Waals surface area contributed by atoms with Crippen LogP contribution >= 0.6 is 12.4 Å². The first kappa shape index (κ1) is 18.6. The molecule has 0 aliphatic carbocycles. The standard InChI is InChI=1S/C17H21N3O2S.ClH/c1-19(2)23(21,22)15-9-7-14(8-10-15)13-20-12-11-18-16-5-3-4-6-17(16)20;/h3-10,18H,11-13H2,1-2H3;1H. The molecule has 2 aromatic rings. The molecule has 130 valence electrons. The van der Waals surface area contributed by atoms with E-state index in [0.29, 0.717) is 4.90 Å². The van der Waals surface area contributed by atoms with E-state index in [9.17, 15) is 8.42 Å². The van der Waals surface area contributed by atoms with Crippen LogP contribution in [0.5, 0.6) is 0 Å². The summed E-state index contributed by atoms with van der Waals surface area (Å²) in [6.07, 6.45) is 0. The third-order valence-electron chi connectivity index (χ3n) is 4.02. The molecule has 0 spiro atoms. The maximum Gasteiger partial charge on any atom is 0.242 e. The smallest absolute Gasteiger partial charge is 0.242 e. The molecule has 0 atom stereocenters. The third-order valence-corrected chi connectivity index (χ3v) is 5.85. The highest BCUT2D eigenvalue weighted by Crippen LogP contribution is 2.29. The van der Waals surface area contributed by atoms with Gasteiger partial charge in [-0.2, -0.15) is 0 Å². The Morgan fingerprint density at radius 1 is 1.08 bits per heavy atom. The van der Waals surface area contributed by atoms with Crippen molar-refractivity contribution in [3.63, 3.8) is 0 Å². The van der Waals surface area contributed by atoms with Gasteiger partial charge in [-0.3, -0.25) is 0 Å². The Hall–Kier alpha value is -1.76. The highest BCUT2D eigenvalue weighted by molar-refractivity contribution is 7.89. The number of fused-ring (bicyclic) bond motifs is 1. The van der Waals surface area contributed by atoms with E-state index in [1.165, 1.54) is 9.99 Å². The van der Waals surface area contributed by atoms with Gasteiger partial charge in [0.1, 0.15) is 0 Å². The average molecular weight is 368 g/mol. The van der Waals surface area contributed by atoms with Crippen molar-refractivity contribution in [2.24, 2.45) is 0 Å². The molecule has 3 rings (SSSR count). The van der Waals surface area contributed by atoms with Crippen LogP contribution in [0.2, 0.25) is 0 Å². The van der Waals surface area contributed by atoms with Crippen molar-refractivity contribution in [1.82, 2.24) is 4.31 Å². The number of nitrogens with one attached hydrogen (secondary N) is 1. The van der Waals surface area contributed by atoms with E-state index in [1.54, 1.807) is 26.2 Å². The van der Waals surface area contributed by atoms with Crippen molar-refractivity contribution in [1.29, 1.82) is 0 Å². The van der Waals surface area contributed by atoms with Gasteiger partial charge in [0.15, 0.2) is 0 Å². The number of nitrogens with zero attached hydrogens (tertiary/aromatic N) is 2. The molecule has 5 nitrogen and oxygen atoms in total. The van der Waals surface area contributed by atoms with E-state index in [0.717, 1.165) is 30.9 Å². The van der Waals surface area contributed by atoms with Crippen molar-refractivity contribution in [2.45, 2.75) is 11.4 Å². The quantitative estimate of drug-likeness (QED) is 0.902. The lowest BCUT2D eigenvalue weighted by molar-refractivity contribution is 0.520. The normalized spacial score (nSPS) is 13.9. The zero-order valence-electron chi connectivity index (χ0n) is 13.8. The summed E-state index contributed by atoms with van der Waals surface area (Å²) >= 11 is 0. The largest absolute Gasteiger partial charge is 0.382 e. The van der Waals surface area contributed by atoms with Gasteiger partial charge in [0, 0.05) is 33.7 Å². The Balaban J connectivity index is 0.00000208. The van der Waals surface area contributed by atoms with Gasteiger partial charge < -0.3 is 10.2 Å². The first-order valence-electron chi connectivity index (χ1n) is 7.58. The molecular formula is C17H22ClN3O2S. The Labute approximate surface area is 149 Å². The Morgan fingerprint density at radius 3 is 2.42 bits per heavy atom. The summed E-state index contributed by atoms with van der Waals surface area (Å²) in [5.41, 5.74) is 3.42. The lowest BCUT2D eigenvalue weighted by atomic mass is 10.1. The third kappa shape index (κ3) is 3.66. The van der Waals surface area contributed by atoms with E-state index in [-0.39, 0.29) is 12.4 Å². The summed E-state index contributed by atoms with van der Waals surface area (Å²) in [6.45, 7) is 2.60. The number of para-hydroxylation sites is 2. The van der Waals surface area contributed by atoms with Gasteiger partial charge in [0.2, 0.25) is 10.0 Å². The van der Waals surface area contributed by atoms with Crippen LogP contribution in [0.25, 0.3) is 0 Å². The Kier molecular flexibility index (Phi) is 5.74. The number of rotatable bonds is 4. The van der Waals surface area contributed by atoms with Gasteiger partial charge in [0.25, 0.3) is 0 Å². The summed E-state index contributed by atoms with van der Waals surface area (Å²) in [4.78, 5) is 2.63. The fourth-order valence-corrected chi connectivity index (χ4v) is 3.61. The van der Waals surface area contributed by atoms with Crippen LogP contribution < -0.4 is 10.2 Å². The van der Waals surface area contributed by atoms with Crippen LogP contribution in [-0.4, -0.2) is 39.9 Å². The minimum atomic E-state index is -3.37. The second-order valence-corrected chi connectivity index (χ2v) is 7.95. The van der Waals surface area contributed by atoms with Crippen LogP contribution in [0, 0.1) is 0 Å². The molecule has 0 saturated heterocycles. The first-order chi connectivity index (χ1) is 11.0. The van der Waals surface area contributed by atoms with Crippen LogP contribution in [0.3, 0.4) is 0 Å². The van der Waals surface area contributed by atoms with E-state index in [1.807, 2.05) is 24.3 Å². The Morgan fingerprint density at radius 2 is 1.75 bits per heavy atom. The van der Waals surface area contributed by atoms with Gasteiger partial charge in [-0.1, -0.05) is 24.3 Å².